The summed E-state index contributed by atoms with van der Waals surface area (Å²) in [6.45, 7) is 3.96. The van der Waals surface area contributed by atoms with Gasteiger partial charge < -0.3 is 15.2 Å². The van der Waals surface area contributed by atoms with E-state index in [-0.39, 0.29) is 6.61 Å². The van der Waals surface area contributed by atoms with Gasteiger partial charge in [-0.1, -0.05) is 24.3 Å². The quantitative estimate of drug-likeness (QED) is 0.693. The molecule has 90 valence electrons. The van der Waals surface area contributed by atoms with Gasteiger partial charge in [0.1, 0.15) is 0 Å². The molecular formula is C13H21NO2. The van der Waals surface area contributed by atoms with Gasteiger partial charge in [0.2, 0.25) is 0 Å². The predicted octanol–water partition coefficient (Wildman–Crippen LogP) is 1.87. The van der Waals surface area contributed by atoms with Crippen molar-refractivity contribution in [2.75, 3.05) is 20.3 Å². The summed E-state index contributed by atoms with van der Waals surface area (Å²) in [6.07, 6.45) is 1.01. The molecule has 0 amide bonds. The summed E-state index contributed by atoms with van der Waals surface area (Å²) in [5, 5.41) is 12.5. The second-order valence-corrected chi connectivity index (χ2v) is 3.93. The molecular weight excluding hydrogens is 202 g/mol. The van der Waals surface area contributed by atoms with Crippen LogP contribution in [-0.4, -0.2) is 25.4 Å². The molecule has 0 aliphatic rings. The largest absolute Gasteiger partial charge is 0.392 e. The number of aliphatic hydroxyl groups excluding tert-OH is 1. The summed E-state index contributed by atoms with van der Waals surface area (Å²) < 4.78 is 4.99. The molecule has 16 heavy (non-hydrogen) atoms. The second kappa shape index (κ2) is 7.39. The highest BCUT2D eigenvalue weighted by atomic mass is 16.5. The van der Waals surface area contributed by atoms with Crippen LogP contribution in [0.3, 0.4) is 0 Å². The van der Waals surface area contributed by atoms with Crippen LogP contribution in [0, 0.1) is 0 Å². The molecule has 0 saturated carbocycles. The van der Waals surface area contributed by atoms with Crippen LogP contribution in [0.25, 0.3) is 0 Å². The maximum atomic E-state index is 9.05. The van der Waals surface area contributed by atoms with Crippen molar-refractivity contribution in [3.63, 3.8) is 0 Å². The maximum Gasteiger partial charge on any atom is 0.0681 e. The van der Waals surface area contributed by atoms with E-state index in [1.54, 1.807) is 7.11 Å². The minimum Gasteiger partial charge on any atom is -0.392 e. The van der Waals surface area contributed by atoms with Gasteiger partial charge >= 0.3 is 0 Å². The Bertz CT molecular complexity index is 302. The average Bonchev–Trinajstić information content (AvgIpc) is 2.34. The van der Waals surface area contributed by atoms with Gasteiger partial charge in [0.05, 0.1) is 6.61 Å². The molecule has 1 rings (SSSR count). The highest BCUT2D eigenvalue weighted by Crippen LogP contribution is 2.14. The zero-order valence-corrected chi connectivity index (χ0v) is 10.1. The van der Waals surface area contributed by atoms with Crippen molar-refractivity contribution in [2.45, 2.75) is 26.0 Å². The van der Waals surface area contributed by atoms with Crippen LogP contribution < -0.4 is 5.32 Å². The van der Waals surface area contributed by atoms with Gasteiger partial charge in [0.15, 0.2) is 0 Å². The summed E-state index contributed by atoms with van der Waals surface area (Å²) in [4.78, 5) is 0. The van der Waals surface area contributed by atoms with E-state index in [0.29, 0.717) is 6.04 Å². The van der Waals surface area contributed by atoms with Crippen molar-refractivity contribution in [1.82, 2.24) is 5.32 Å². The molecule has 3 heteroatoms. The molecule has 0 radical (unpaired) electrons. The number of hydrogen-bond acceptors (Lipinski definition) is 3. The summed E-state index contributed by atoms with van der Waals surface area (Å²) in [5.74, 6) is 0. The fourth-order valence-corrected chi connectivity index (χ4v) is 1.61. The number of rotatable bonds is 7. The topological polar surface area (TPSA) is 41.5 Å². The third-order valence-electron chi connectivity index (χ3n) is 2.61. The van der Waals surface area contributed by atoms with Gasteiger partial charge in [0, 0.05) is 19.8 Å². The molecule has 0 bridgehead atoms. The number of ether oxygens (including phenoxy) is 1. The van der Waals surface area contributed by atoms with E-state index in [0.717, 1.165) is 25.1 Å². The Hall–Kier alpha value is -0.900. The lowest BCUT2D eigenvalue weighted by Crippen LogP contribution is -2.20. The van der Waals surface area contributed by atoms with E-state index in [4.69, 9.17) is 9.84 Å². The van der Waals surface area contributed by atoms with Crippen LogP contribution in [0.5, 0.6) is 0 Å². The molecule has 1 aromatic rings. The Labute approximate surface area is 97.4 Å². The molecule has 2 N–H and O–H groups in total. The third-order valence-corrected chi connectivity index (χ3v) is 2.61. The van der Waals surface area contributed by atoms with Crippen molar-refractivity contribution in [3.8, 4) is 0 Å². The first-order valence-corrected chi connectivity index (χ1v) is 5.70. The third kappa shape index (κ3) is 4.31. The van der Waals surface area contributed by atoms with Gasteiger partial charge in [-0.05, 0) is 31.0 Å². The Morgan fingerprint density at radius 3 is 2.94 bits per heavy atom. The van der Waals surface area contributed by atoms with E-state index in [9.17, 15) is 0 Å². The fourth-order valence-electron chi connectivity index (χ4n) is 1.61. The molecule has 0 aromatic heterocycles. The van der Waals surface area contributed by atoms with Gasteiger partial charge in [0.25, 0.3) is 0 Å². The zero-order chi connectivity index (χ0) is 11.8. The first kappa shape index (κ1) is 13.2. The van der Waals surface area contributed by atoms with Gasteiger partial charge in [-0.25, -0.2) is 0 Å². The Morgan fingerprint density at radius 1 is 1.44 bits per heavy atom. The number of aliphatic hydroxyl groups is 1. The van der Waals surface area contributed by atoms with Crippen LogP contribution >= 0.6 is 0 Å². The molecule has 1 aromatic carbocycles. The Kier molecular flexibility index (Phi) is 6.08. The Morgan fingerprint density at radius 2 is 2.25 bits per heavy atom. The van der Waals surface area contributed by atoms with Crippen LogP contribution in [0.4, 0.5) is 0 Å². The number of hydrogen-bond donors (Lipinski definition) is 2. The summed E-state index contributed by atoms with van der Waals surface area (Å²) in [5.41, 5.74) is 2.17. The van der Waals surface area contributed by atoms with Crippen molar-refractivity contribution in [2.24, 2.45) is 0 Å². The SMILES string of the molecule is COCCCNC(C)c1cccc(CO)c1. The molecule has 0 fully saturated rings. The van der Waals surface area contributed by atoms with Crippen molar-refractivity contribution in [3.05, 3.63) is 35.4 Å². The van der Waals surface area contributed by atoms with Crippen LogP contribution in [-0.2, 0) is 11.3 Å². The van der Waals surface area contributed by atoms with Gasteiger partial charge in [-0.3, -0.25) is 0 Å². The average molecular weight is 223 g/mol. The first-order chi connectivity index (χ1) is 7.77. The monoisotopic (exact) mass is 223 g/mol. The van der Waals surface area contributed by atoms with E-state index < -0.39 is 0 Å². The van der Waals surface area contributed by atoms with Crippen molar-refractivity contribution in [1.29, 1.82) is 0 Å². The smallest absolute Gasteiger partial charge is 0.0681 e. The fraction of sp³-hybridized carbons (Fsp3) is 0.538. The number of methoxy groups -OCH3 is 1. The first-order valence-electron chi connectivity index (χ1n) is 5.70. The summed E-state index contributed by atoms with van der Waals surface area (Å²) >= 11 is 0. The molecule has 0 aliphatic carbocycles. The molecule has 0 aliphatic heterocycles. The summed E-state index contributed by atoms with van der Waals surface area (Å²) in [6, 6.07) is 8.33. The van der Waals surface area contributed by atoms with E-state index >= 15 is 0 Å². The summed E-state index contributed by atoms with van der Waals surface area (Å²) in [7, 11) is 1.72. The molecule has 0 heterocycles. The van der Waals surface area contributed by atoms with E-state index in [2.05, 4.69) is 18.3 Å². The minimum atomic E-state index is 0.101. The highest BCUT2D eigenvalue weighted by molar-refractivity contribution is 5.25. The second-order valence-electron chi connectivity index (χ2n) is 3.93. The number of nitrogens with one attached hydrogen (secondary N) is 1. The van der Waals surface area contributed by atoms with Gasteiger partial charge in [-0.15, -0.1) is 0 Å². The molecule has 1 unspecified atom stereocenters. The Balaban J connectivity index is 2.42. The van der Waals surface area contributed by atoms with Gasteiger partial charge in [-0.2, -0.15) is 0 Å². The molecule has 1 atom stereocenters. The lowest BCUT2D eigenvalue weighted by Gasteiger charge is -2.14. The standard InChI is InChI=1S/C13H21NO2/c1-11(14-7-4-8-16-2)13-6-3-5-12(9-13)10-15/h3,5-6,9,11,14-15H,4,7-8,10H2,1-2H3. The maximum absolute atomic E-state index is 9.05. The van der Waals surface area contributed by atoms with Crippen molar-refractivity contribution < 1.29 is 9.84 Å². The van der Waals surface area contributed by atoms with E-state index in [1.807, 2.05) is 18.2 Å². The lowest BCUT2D eigenvalue weighted by molar-refractivity contribution is 0.193. The number of benzene rings is 1. The van der Waals surface area contributed by atoms with Crippen molar-refractivity contribution >= 4 is 0 Å². The zero-order valence-electron chi connectivity index (χ0n) is 10.1. The van der Waals surface area contributed by atoms with Crippen LogP contribution in [0.2, 0.25) is 0 Å². The van der Waals surface area contributed by atoms with Crippen LogP contribution in [0.1, 0.15) is 30.5 Å². The normalized spacial score (nSPS) is 12.7. The van der Waals surface area contributed by atoms with Crippen LogP contribution in [0.15, 0.2) is 24.3 Å². The molecule has 3 nitrogen and oxygen atoms in total. The van der Waals surface area contributed by atoms with E-state index in [1.165, 1.54) is 5.56 Å². The predicted molar refractivity (Wildman–Crippen MR) is 65.3 cm³/mol. The molecule has 0 spiro atoms. The lowest BCUT2D eigenvalue weighted by atomic mass is 10.1. The highest BCUT2D eigenvalue weighted by Gasteiger charge is 2.04. The minimum absolute atomic E-state index is 0.101. The molecule has 0 saturated heterocycles.